The van der Waals surface area contributed by atoms with Gasteiger partial charge in [-0.1, -0.05) is 59.5 Å². The predicted octanol–water partition coefficient (Wildman–Crippen LogP) is 7.53. The molecule has 0 aromatic rings. The number of esters is 1. The van der Waals surface area contributed by atoms with Crippen LogP contribution >= 0.6 is 0 Å². The molecule has 0 saturated heterocycles. The van der Waals surface area contributed by atoms with Gasteiger partial charge in [-0.3, -0.25) is 9.59 Å². The maximum atomic E-state index is 12.3. The van der Waals surface area contributed by atoms with Gasteiger partial charge in [0.15, 0.2) is 0 Å². The number of carbonyl (C=O) groups is 2. The van der Waals surface area contributed by atoms with Crippen molar-refractivity contribution in [1.29, 1.82) is 0 Å². The van der Waals surface area contributed by atoms with E-state index in [9.17, 15) is 9.59 Å². The highest BCUT2D eigenvalue weighted by atomic mass is 16.5. The molecule has 0 bridgehead atoms. The van der Waals surface area contributed by atoms with Gasteiger partial charge in [0.2, 0.25) is 0 Å². The van der Waals surface area contributed by atoms with Gasteiger partial charge in [0.05, 0.1) is 0 Å². The third-order valence-electron chi connectivity index (χ3n) is 10.9. The molecule has 0 heterocycles. The number of fused-ring (bicyclic) bond motifs is 5. The fourth-order valence-electron chi connectivity index (χ4n) is 9.30. The monoisotopic (exact) mass is 456 g/mol. The second kappa shape index (κ2) is 9.50. The van der Waals surface area contributed by atoms with E-state index in [1.54, 1.807) is 0 Å². The Bertz CT molecular complexity index is 781. The summed E-state index contributed by atoms with van der Waals surface area (Å²) in [5, 5.41) is 0. The molecule has 0 aromatic heterocycles. The molecular weight excluding hydrogens is 408 g/mol. The molecule has 3 fully saturated rings. The van der Waals surface area contributed by atoms with E-state index in [2.05, 4.69) is 34.6 Å². The van der Waals surface area contributed by atoms with Gasteiger partial charge in [-0.2, -0.15) is 0 Å². The van der Waals surface area contributed by atoms with Gasteiger partial charge in [-0.25, -0.2) is 0 Å². The standard InChI is InChI=1S/C30H48O3/c1-19(2)8-7-9-20(3)25-10-11-26-24-16-22(18-31)28-17-23(33-21(4)32)12-14-30(28,6)27(24)13-15-29(25,26)5/h18-20,23-27H,7-17H2,1-6H3/t20-,23+,24+,25-,26+,27+,29-,30-/m1/s1. The summed E-state index contributed by atoms with van der Waals surface area (Å²) in [7, 11) is 0. The van der Waals surface area contributed by atoms with Crippen LogP contribution in [0.2, 0.25) is 0 Å². The lowest BCUT2D eigenvalue weighted by Crippen LogP contribution is -2.52. The van der Waals surface area contributed by atoms with Crippen LogP contribution in [-0.2, 0) is 14.3 Å². The van der Waals surface area contributed by atoms with Gasteiger partial charge in [0, 0.05) is 13.3 Å². The molecule has 0 aromatic carbocycles. The van der Waals surface area contributed by atoms with E-state index in [0.29, 0.717) is 17.3 Å². The zero-order valence-electron chi connectivity index (χ0n) is 22.1. The van der Waals surface area contributed by atoms with Gasteiger partial charge in [-0.05, 0) is 96.9 Å². The minimum absolute atomic E-state index is 0.0477. The number of rotatable bonds is 7. The molecule has 4 aliphatic carbocycles. The minimum atomic E-state index is -0.196. The summed E-state index contributed by atoms with van der Waals surface area (Å²) in [5.74, 6) is 4.35. The van der Waals surface area contributed by atoms with Gasteiger partial charge in [0.25, 0.3) is 0 Å². The van der Waals surface area contributed by atoms with Crippen molar-refractivity contribution in [2.24, 2.45) is 46.3 Å². The second-order valence-corrected chi connectivity index (χ2v) is 13.1. The van der Waals surface area contributed by atoms with Crippen molar-refractivity contribution in [3.8, 4) is 0 Å². The summed E-state index contributed by atoms with van der Waals surface area (Å²) in [6.07, 6.45) is 14.3. The van der Waals surface area contributed by atoms with Gasteiger partial charge in [0.1, 0.15) is 12.4 Å². The highest BCUT2D eigenvalue weighted by Gasteiger charge is 2.60. The lowest BCUT2D eigenvalue weighted by Gasteiger charge is -2.59. The maximum Gasteiger partial charge on any atom is 0.302 e. The highest BCUT2D eigenvalue weighted by Crippen LogP contribution is 2.68. The number of hydrogen-bond acceptors (Lipinski definition) is 3. The summed E-state index contributed by atoms with van der Waals surface area (Å²) in [5.41, 5.74) is 2.93. The van der Waals surface area contributed by atoms with Crippen molar-refractivity contribution in [1.82, 2.24) is 0 Å². The Hall–Kier alpha value is -1.12. The van der Waals surface area contributed by atoms with Crippen molar-refractivity contribution in [2.75, 3.05) is 0 Å². The highest BCUT2D eigenvalue weighted by molar-refractivity contribution is 5.76. The summed E-state index contributed by atoms with van der Waals surface area (Å²) in [6.45, 7) is 13.8. The van der Waals surface area contributed by atoms with Crippen LogP contribution in [0.3, 0.4) is 0 Å². The second-order valence-electron chi connectivity index (χ2n) is 13.1. The minimum Gasteiger partial charge on any atom is -0.462 e. The van der Waals surface area contributed by atoms with Crippen LogP contribution in [0.1, 0.15) is 112 Å². The van der Waals surface area contributed by atoms with Crippen molar-refractivity contribution in [2.45, 2.75) is 118 Å². The average molecular weight is 457 g/mol. The van der Waals surface area contributed by atoms with Crippen LogP contribution in [-0.4, -0.2) is 18.4 Å². The summed E-state index contributed by atoms with van der Waals surface area (Å²) in [4.78, 5) is 23.9. The van der Waals surface area contributed by atoms with E-state index in [1.165, 1.54) is 57.4 Å². The zero-order chi connectivity index (χ0) is 24.0. The third kappa shape index (κ3) is 4.47. The molecule has 0 spiro atoms. The summed E-state index contributed by atoms with van der Waals surface area (Å²) < 4.78 is 5.60. The molecule has 0 amide bonds. The van der Waals surface area contributed by atoms with E-state index in [0.717, 1.165) is 61.2 Å². The molecule has 0 unspecified atom stereocenters. The number of allylic oxidation sites excluding steroid dienone is 1. The quantitative estimate of drug-likeness (QED) is 0.294. The number of hydrogen-bond donors (Lipinski definition) is 0. The normalized spacial score (nSPS) is 41.2. The molecule has 33 heavy (non-hydrogen) atoms. The first-order valence-electron chi connectivity index (χ1n) is 13.9. The van der Waals surface area contributed by atoms with Crippen LogP contribution < -0.4 is 0 Å². The largest absolute Gasteiger partial charge is 0.462 e. The molecule has 3 nitrogen and oxygen atoms in total. The molecule has 3 heteroatoms. The van der Waals surface area contributed by atoms with Gasteiger partial charge in [-0.15, -0.1) is 0 Å². The molecule has 4 aliphatic rings. The Morgan fingerprint density at radius 2 is 1.79 bits per heavy atom. The van der Waals surface area contributed by atoms with E-state index in [1.807, 2.05) is 0 Å². The first kappa shape index (κ1) is 25.0. The molecule has 8 atom stereocenters. The van der Waals surface area contributed by atoms with E-state index >= 15 is 0 Å². The fraction of sp³-hybridized carbons (Fsp3) is 0.867. The molecular formula is C30H48O3. The van der Waals surface area contributed by atoms with Crippen LogP contribution in [0.5, 0.6) is 0 Å². The third-order valence-corrected chi connectivity index (χ3v) is 10.9. The smallest absolute Gasteiger partial charge is 0.302 e. The zero-order valence-corrected chi connectivity index (χ0v) is 22.1. The summed E-state index contributed by atoms with van der Waals surface area (Å²) >= 11 is 0. The van der Waals surface area contributed by atoms with Gasteiger partial charge < -0.3 is 4.74 Å². The Morgan fingerprint density at radius 3 is 2.45 bits per heavy atom. The van der Waals surface area contributed by atoms with E-state index in [4.69, 9.17) is 4.74 Å². The molecule has 3 saturated carbocycles. The van der Waals surface area contributed by atoms with Gasteiger partial charge >= 0.3 is 5.97 Å². The number of carbonyl (C=O) groups excluding carboxylic acids is 2. The van der Waals surface area contributed by atoms with E-state index < -0.39 is 0 Å². The lowest BCUT2D eigenvalue weighted by molar-refractivity contribution is -0.148. The van der Waals surface area contributed by atoms with Crippen molar-refractivity contribution >= 4 is 12.3 Å². The van der Waals surface area contributed by atoms with Crippen LogP contribution in [0.25, 0.3) is 0 Å². The van der Waals surface area contributed by atoms with Crippen molar-refractivity contribution in [3.63, 3.8) is 0 Å². The predicted molar refractivity (Wildman–Crippen MR) is 134 cm³/mol. The Kier molecular flexibility index (Phi) is 7.19. The molecule has 4 rings (SSSR count). The molecule has 0 aliphatic heterocycles. The Labute approximate surface area is 202 Å². The van der Waals surface area contributed by atoms with Crippen molar-refractivity contribution in [3.05, 3.63) is 11.1 Å². The van der Waals surface area contributed by atoms with Crippen LogP contribution in [0.15, 0.2) is 11.1 Å². The molecule has 186 valence electrons. The van der Waals surface area contributed by atoms with E-state index in [-0.39, 0.29) is 17.5 Å². The Morgan fingerprint density at radius 1 is 1.03 bits per heavy atom. The Balaban J connectivity index is 1.55. The fourth-order valence-corrected chi connectivity index (χ4v) is 9.30. The topological polar surface area (TPSA) is 43.4 Å². The maximum absolute atomic E-state index is 12.3. The first-order valence-corrected chi connectivity index (χ1v) is 13.9. The first-order chi connectivity index (χ1) is 15.6. The van der Waals surface area contributed by atoms with Crippen LogP contribution in [0, 0.1) is 46.3 Å². The number of aldehydes is 1. The number of ether oxygens (including phenoxy) is 1. The summed E-state index contributed by atoms with van der Waals surface area (Å²) in [6, 6.07) is 0. The average Bonchev–Trinajstić information content (AvgIpc) is 3.10. The SMILES string of the molecule is CC(=O)O[C@H]1CC[C@@]2(C)C(=C(C=O)C[C@H]3[C@@H]4CC[C@H]([C@H](C)CCCC(C)C)[C@@]4(C)CC[C@@H]32)C1. The van der Waals surface area contributed by atoms with Crippen molar-refractivity contribution < 1.29 is 14.3 Å². The van der Waals surface area contributed by atoms with Crippen LogP contribution in [0.4, 0.5) is 0 Å². The molecule has 0 N–H and O–H groups in total. The molecule has 0 radical (unpaired) electrons. The lowest BCUT2D eigenvalue weighted by atomic mass is 9.46.